The molecule has 4 nitrogen and oxygen atoms in total. The third kappa shape index (κ3) is 4.01. The van der Waals surface area contributed by atoms with Crippen LogP contribution in [0.1, 0.15) is 49.4 Å². The fraction of sp³-hybridized carbons (Fsp3) is 0.368. The largest absolute Gasteiger partial charge is 0.293 e. The van der Waals surface area contributed by atoms with Crippen LogP contribution in [-0.4, -0.2) is 19.5 Å². The third-order valence-electron chi connectivity index (χ3n) is 3.85. The van der Waals surface area contributed by atoms with Crippen LogP contribution in [0.2, 0.25) is 5.02 Å². The van der Waals surface area contributed by atoms with Gasteiger partial charge in [0.05, 0.1) is 15.7 Å². The SMILES string of the molecule is CC(C)CC(=O)c1sc(S(=O)(=O)C(C)C)c(C#N)c1-c1ccc(Cl)cc1. The molecule has 0 amide bonds. The van der Waals surface area contributed by atoms with Gasteiger partial charge in [-0.2, -0.15) is 5.26 Å². The highest BCUT2D eigenvalue weighted by Crippen LogP contribution is 2.41. The van der Waals surface area contributed by atoms with Crippen molar-refractivity contribution in [2.75, 3.05) is 0 Å². The van der Waals surface area contributed by atoms with Gasteiger partial charge in [0.2, 0.25) is 0 Å². The van der Waals surface area contributed by atoms with Gasteiger partial charge in [-0.1, -0.05) is 37.6 Å². The van der Waals surface area contributed by atoms with E-state index in [1.807, 2.05) is 19.9 Å². The van der Waals surface area contributed by atoms with Crippen LogP contribution < -0.4 is 0 Å². The molecule has 0 N–H and O–H groups in total. The molecule has 26 heavy (non-hydrogen) atoms. The lowest BCUT2D eigenvalue weighted by Crippen LogP contribution is -2.13. The molecule has 0 atom stereocenters. The van der Waals surface area contributed by atoms with Crippen molar-refractivity contribution in [3.8, 4) is 17.2 Å². The zero-order valence-corrected chi connectivity index (χ0v) is 17.4. The first-order valence-electron chi connectivity index (χ1n) is 8.19. The second-order valence-electron chi connectivity index (χ2n) is 6.70. The molecule has 0 saturated carbocycles. The number of Topliss-reactive ketones (excluding diaryl/α,β-unsaturated/α-hetero) is 1. The molecule has 1 heterocycles. The summed E-state index contributed by atoms with van der Waals surface area (Å²) in [6.07, 6.45) is 0.285. The molecular weight excluding hydrogens is 390 g/mol. The molecular formula is C19H20ClNO3S2. The average molecular weight is 410 g/mol. The van der Waals surface area contributed by atoms with Gasteiger partial charge < -0.3 is 0 Å². The van der Waals surface area contributed by atoms with Crippen molar-refractivity contribution in [2.45, 2.75) is 43.6 Å². The van der Waals surface area contributed by atoms with Crippen molar-refractivity contribution in [1.29, 1.82) is 5.26 Å². The number of hydrogen-bond acceptors (Lipinski definition) is 5. The third-order valence-corrected chi connectivity index (χ3v) is 8.03. The number of halogens is 1. The van der Waals surface area contributed by atoms with E-state index in [0.717, 1.165) is 11.3 Å². The second kappa shape index (κ2) is 7.91. The van der Waals surface area contributed by atoms with E-state index >= 15 is 0 Å². The number of thiophene rings is 1. The van der Waals surface area contributed by atoms with Gasteiger partial charge in [0.25, 0.3) is 0 Å². The summed E-state index contributed by atoms with van der Waals surface area (Å²) >= 11 is 6.84. The maximum Gasteiger partial charge on any atom is 0.191 e. The molecule has 2 rings (SSSR count). The molecule has 0 spiro atoms. The van der Waals surface area contributed by atoms with Crippen molar-refractivity contribution in [2.24, 2.45) is 5.92 Å². The number of nitrogens with zero attached hydrogens (tertiary/aromatic N) is 1. The standard InChI is InChI=1S/C19H20ClNO3S2/c1-11(2)9-16(22)18-17(13-5-7-14(20)8-6-13)15(10-21)19(25-18)26(23,24)12(3)4/h5-8,11-12H,9H2,1-4H3. The molecule has 138 valence electrons. The number of hydrogen-bond donors (Lipinski definition) is 0. The summed E-state index contributed by atoms with van der Waals surface area (Å²) < 4.78 is 25.4. The van der Waals surface area contributed by atoms with Gasteiger partial charge in [-0.05, 0) is 37.5 Å². The van der Waals surface area contributed by atoms with E-state index in [9.17, 15) is 18.5 Å². The summed E-state index contributed by atoms with van der Waals surface area (Å²) in [5.41, 5.74) is 1.04. The predicted molar refractivity (Wildman–Crippen MR) is 106 cm³/mol. The van der Waals surface area contributed by atoms with Crippen LogP contribution in [0, 0.1) is 17.2 Å². The van der Waals surface area contributed by atoms with E-state index < -0.39 is 15.1 Å². The lowest BCUT2D eigenvalue weighted by molar-refractivity contribution is 0.0972. The van der Waals surface area contributed by atoms with Gasteiger partial charge in [-0.3, -0.25) is 4.79 Å². The molecule has 0 radical (unpaired) electrons. The van der Waals surface area contributed by atoms with E-state index in [0.29, 0.717) is 21.0 Å². The van der Waals surface area contributed by atoms with Crippen LogP contribution in [0.5, 0.6) is 0 Å². The fourth-order valence-corrected chi connectivity index (χ4v) is 5.71. The summed E-state index contributed by atoms with van der Waals surface area (Å²) in [5, 5.41) is 9.53. The summed E-state index contributed by atoms with van der Waals surface area (Å²) in [7, 11) is -3.68. The maximum atomic E-state index is 12.8. The quantitative estimate of drug-likeness (QED) is 0.602. The van der Waals surface area contributed by atoms with Crippen molar-refractivity contribution in [1.82, 2.24) is 0 Å². The Labute approximate surface area is 163 Å². The molecule has 2 aromatic rings. The van der Waals surface area contributed by atoms with Crippen LogP contribution in [-0.2, 0) is 9.84 Å². The first kappa shape index (κ1) is 20.6. The Bertz CT molecular complexity index is 965. The van der Waals surface area contributed by atoms with Crippen molar-refractivity contribution < 1.29 is 13.2 Å². The smallest absolute Gasteiger partial charge is 0.191 e. The van der Waals surface area contributed by atoms with Crippen molar-refractivity contribution >= 4 is 38.6 Å². The topological polar surface area (TPSA) is 75.0 Å². The van der Waals surface area contributed by atoms with E-state index in [1.165, 1.54) is 0 Å². The van der Waals surface area contributed by atoms with E-state index in [4.69, 9.17) is 11.6 Å². The van der Waals surface area contributed by atoms with E-state index in [-0.39, 0.29) is 27.9 Å². The zero-order chi connectivity index (χ0) is 19.6. The highest BCUT2D eigenvalue weighted by Gasteiger charge is 2.32. The summed E-state index contributed by atoms with van der Waals surface area (Å²) in [6, 6.07) is 8.72. The number of sulfone groups is 1. The number of nitriles is 1. The molecule has 0 fully saturated rings. The monoisotopic (exact) mass is 409 g/mol. The number of carbonyl (C=O) groups is 1. The fourth-order valence-electron chi connectivity index (χ4n) is 2.48. The zero-order valence-electron chi connectivity index (χ0n) is 15.0. The first-order chi connectivity index (χ1) is 12.1. The van der Waals surface area contributed by atoms with Crippen LogP contribution in [0.15, 0.2) is 28.5 Å². The number of rotatable bonds is 6. The molecule has 0 aliphatic carbocycles. The van der Waals surface area contributed by atoms with Crippen LogP contribution in [0.25, 0.3) is 11.1 Å². The minimum Gasteiger partial charge on any atom is -0.293 e. The van der Waals surface area contributed by atoms with Crippen LogP contribution in [0.3, 0.4) is 0 Å². The molecule has 1 aromatic heterocycles. The van der Waals surface area contributed by atoms with Crippen molar-refractivity contribution in [3.05, 3.63) is 39.7 Å². The summed E-state index contributed by atoms with van der Waals surface area (Å²) in [4.78, 5) is 13.1. The first-order valence-corrected chi connectivity index (χ1v) is 10.9. The predicted octanol–water partition coefficient (Wildman–Crippen LogP) is 5.35. The molecule has 0 saturated heterocycles. The van der Waals surface area contributed by atoms with Gasteiger partial charge in [-0.25, -0.2) is 8.42 Å². The number of carbonyl (C=O) groups excluding carboxylic acids is 1. The number of benzene rings is 1. The molecule has 0 unspecified atom stereocenters. The van der Waals surface area contributed by atoms with Gasteiger partial charge in [-0.15, -0.1) is 11.3 Å². The molecule has 1 aromatic carbocycles. The molecule has 7 heteroatoms. The Morgan fingerprint density at radius 1 is 1.19 bits per heavy atom. The van der Waals surface area contributed by atoms with Crippen LogP contribution in [0.4, 0.5) is 0 Å². The summed E-state index contributed by atoms with van der Waals surface area (Å²) in [5.74, 6) is -0.0324. The molecule has 0 bridgehead atoms. The minimum absolute atomic E-state index is 0.0351. The second-order valence-corrected chi connectivity index (χ2v) is 10.9. The van der Waals surface area contributed by atoms with Gasteiger partial charge in [0, 0.05) is 17.0 Å². The normalized spacial score (nSPS) is 11.8. The lowest BCUT2D eigenvalue weighted by Gasteiger charge is -2.07. The Morgan fingerprint density at radius 3 is 2.23 bits per heavy atom. The Morgan fingerprint density at radius 2 is 1.77 bits per heavy atom. The Kier molecular flexibility index (Phi) is 6.28. The summed E-state index contributed by atoms with van der Waals surface area (Å²) in [6.45, 7) is 6.97. The highest BCUT2D eigenvalue weighted by atomic mass is 35.5. The van der Waals surface area contributed by atoms with Crippen molar-refractivity contribution in [3.63, 3.8) is 0 Å². The molecule has 0 aliphatic rings. The Balaban J connectivity index is 2.82. The maximum absolute atomic E-state index is 12.8. The Hall–Kier alpha value is -1.68. The average Bonchev–Trinajstić information content (AvgIpc) is 2.95. The molecule has 0 aliphatic heterocycles. The van der Waals surface area contributed by atoms with Gasteiger partial charge in [0.1, 0.15) is 10.3 Å². The van der Waals surface area contributed by atoms with E-state index in [1.54, 1.807) is 38.1 Å². The minimum atomic E-state index is -3.68. The highest BCUT2D eigenvalue weighted by molar-refractivity contribution is 7.94. The van der Waals surface area contributed by atoms with Gasteiger partial charge >= 0.3 is 0 Å². The lowest BCUT2D eigenvalue weighted by atomic mass is 9.97. The van der Waals surface area contributed by atoms with Crippen LogP contribution >= 0.6 is 22.9 Å². The van der Waals surface area contributed by atoms with E-state index in [2.05, 4.69) is 0 Å². The van der Waals surface area contributed by atoms with Gasteiger partial charge in [0.15, 0.2) is 15.6 Å². The number of ketones is 1.